The predicted octanol–water partition coefficient (Wildman–Crippen LogP) is 11.5. The largest absolute Gasteiger partial charge is 0.519 e. The maximum Gasteiger partial charge on any atom is 0.519 e. The molecule has 0 unspecified atom stereocenters. The minimum absolute atomic E-state index is 0.171. The number of benzene rings is 4. The molecule has 0 aliphatic rings. The molecule has 398 valence electrons. The second-order valence-electron chi connectivity index (χ2n) is 17.3. The molecule has 0 atom stereocenters. The number of carbonyl (C=O) groups excluding carboxylic acids is 2. The third-order valence-electron chi connectivity index (χ3n) is 12.3. The van der Waals surface area contributed by atoms with E-state index in [9.17, 15) is 24.0 Å². The van der Waals surface area contributed by atoms with E-state index in [-0.39, 0.29) is 24.1 Å². The SMILES string of the molecule is CCOC(=O)c1sc(C)c2nc(SCC)n(Cc3ccc(-c4ccccc4-c4noc(=O)[nH]4)cc3)c12.CCSc1nc2c(C)sc(C(=O)OCc3oc(=O)oc3C)c2n1Cc1ccc(-c2ccccc2-c2noc(=O)[nH]2)cc1. The Kier molecular flexibility index (Phi) is 15.8. The van der Waals surface area contributed by atoms with E-state index in [4.69, 9.17) is 37.3 Å². The molecule has 0 aliphatic heterocycles. The van der Waals surface area contributed by atoms with Crippen LogP contribution in [0.5, 0.6) is 0 Å². The number of fused-ring (bicyclic) bond motifs is 2. The lowest BCUT2D eigenvalue weighted by molar-refractivity contribution is 0.0449. The normalized spacial score (nSPS) is 11.4. The Morgan fingerprint density at radius 1 is 0.590 bits per heavy atom. The molecule has 4 aromatic carbocycles. The average Bonchev–Trinajstić information content (AvgIpc) is 4.53. The summed E-state index contributed by atoms with van der Waals surface area (Å²) >= 11 is 6.00. The first-order chi connectivity index (χ1) is 37.8. The maximum atomic E-state index is 13.2. The highest BCUT2D eigenvalue weighted by molar-refractivity contribution is 7.99. The van der Waals surface area contributed by atoms with Crippen molar-refractivity contribution in [2.75, 3.05) is 18.1 Å². The van der Waals surface area contributed by atoms with Gasteiger partial charge in [0.05, 0.1) is 30.7 Å². The quantitative estimate of drug-likeness (QED) is 0.0635. The molecular weight excluding hydrogens is 1080 g/mol. The molecule has 2 N–H and O–H groups in total. The summed E-state index contributed by atoms with van der Waals surface area (Å²) in [7, 11) is 0. The van der Waals surface area contributed by atoms with Crippen molar-refractivity contribution in [3.63, 3.8) is 0 Å². The van der Waals surface area contributed by atoms with Crippen molar-refractivity contribution in [2.24, 2.45) is 0 Å². The number of hydrogen-bond donors (Lipinski definition) is 2. The van der Waals surface area contributed by atoms with Crippen molar-refractivity contribution < 1.29 is 36.9 Å². The zero-order valence-electron chi connectivity index (χ0n) is 42.8. The molecule has 0 saturated carbocycles. The Hall–Kier alpha value is -8.25. The number of ether oxygens (including phenoxy) is 2. The number of aryl methyl sites for hydroxylation is 3. The lowest BCUT2D eigenvalue weighted by Crippen LogP contribution is -2.08. The highest BCUT2D eigenvalue weighted by Crippen LogP contribution is 2.38. The lowest BCUT2D eigenvalue weighted by atomic mass is 9.98. The Balaban J connectivity index is 0.000000179. The minimum atomic E-state index is -0.838. The monoisotopic (exact) mass is 1120 g/mol. The third-order valence-corrected chi connectivity index (χ3v) is 16.1. The van der Waals surface area contributed by atoms with Crippen molar-refractivity contribution in [1.82, 2.24) is 39.4 Å². The molecule has 0 bridgehead atoms. The summed E-state index contributed by atoms with van der Waals surface area (Å²) in [6.45, 7) is 12.6. The molecule has 0 saturated heterocycles. The van der Waals surface area contributed by atoms with E-state index in [1.54, 1.807) is 30.4 Å². The van der Waals surface area contributed by atoms with Crippen LogP contribution in [0.4, 0.5) is 0 Å². The summed E-state index contributed by atoms with van der Waals surface area (Å²) in [5.41, 5.74) is 10.5. The maximum absolute atomic E-state index is 13.2. The first kappa shape index (κ1) is 53.2. The van der Waals surface area contributed by atoms with Crippen molar-refractivity contribution in [3.8, 4) is 45.0 Å². The number of thiophene rings is 2. The van der Waals surface area contributed by atoms with E-state index in [1.165, 1.54) is 22.7 Å². The molecule has 7 aromatic heterocycles. The molecule has 0 amide bonds. The van der Waals surface area contributed by atoms with Gasteiger partial charge in [-0.05, 0) is 72.6 Å². The molecule has 0 aliphatic carbocycles. The molecule has 19 nitrogen and oxygen atoms in total. The summed E-state index contributed by atoms with van der Waals surface area (Å²) in [6.07, 6.45) is 0. The van der Waals surface area contributed by atoms with Gasteiger partial charge in [0.25, 0.3) is 0 Å². The Labute approximate surface area is 459 Å². The van der Waals surface area contributed by atoms with Crippen LogP contribution in [-0.2, 0) is 29.2 Å². The lowest BCUT2D eigenvalue weighted by Gasteiger charge is -2.11. The first-order valence-electron chi connectivity index (χ1n) is 24.5. The summed E-state index contributed by atoms with van der Waals surface area (Å²) in [6, 6.07) is 31.6. The van der Waals surface area contributed by atoms with Crippen LogP contribution in [0.1, 0.15) is 72.5 Å². The Bertz CT molecular complexity index is 4150. The molecule has 0 spiro atoms. The molecule has 78 heavy (non-hydrogen) atoms. The average molecular weight is 1130 g/mol. The summed E-state index contributed by atoms with van der Waals surface area (Å²) in [5.74, 6) is -0.0171. The smallest absolute Gasteiger partial charge is 0.462 e. The third kappa shape index (κ3) is 11.0. The van der Waals surface area contributed by atoms with Crippen molar-refractivity contribution in [3.05, 3.63) is 171 Å². The topological polar surface area (TPSA) is 249 Å². The number of imidazole rings is 2. The van der Waals surface area contributed by atoms with Crippen LogP contribution in [0.15, 0.2) is 140 Å². The van der Waals surface area contributed by atoms with Crippen LogP contribution >= 0.6 is 46.2 Å². The van der Waals surface area contributed by atoms with Gasteiger partial charge in [-0.3, -0.25) is 19.0 Å². The van der Waals surface area contributed by atoms with E-state index in [1.807, 2.05) is 117 Å². The first-order valence-corrected chi connectivity index (χ1v) is 28.1. The van der Waals surface area contributed by atoms with Gasteiger partial charge >= 0.3 is 29.3 Å². The van der Waals surface area contributed by atoms with Gasteiger partial charge in [0.1, 0.15) is 20.8 Å². The summed E-state index contributed by atoms with van der Waals surface area (Å²) in [4.78, 5) is 78.1. The van der Waals surface area contributed by atoms with E-state index in [0.29, 0.717) is 46.6 Å². The van der Waals surface area contributed by atoms with Crippen LogP contribution < -0.4 is 17.3 Å². The molecule has 7 heterocycles. The highest BCUT2D eigenvalue weighted by atomic mass is 32.2. The van der Waals surface area contributed by atoms with Gasteiger partial charge in [-0.25, -0.2) is 33.9 Å². The second kappa shape index (κ2) is 23.2. The zero-order chi connectivity index (χ0) is 54.6. The molecule has 11 rings (SSSR count). The van der Waals surface area contributed by atoms with Gasteiger partial charge < -0.3 is 27.4 Å². The number of carbonyl (C=O) groups is 2. The van der Waals surface area contributed by atoms with Crippen LogP contribution in [0.2, 0.25) is 0 Å². The Morgan fingerprint density at radius 3 is 1.41 bits per heavy atom. The van der Waals surface area contributed by atoms with E-state index >= 15 is 0 Å². The number of nitrogens with one attached hydrogen (secondary N) is 2. The molecule has 0 fully saturated rings. The number of nitrogens with zero attached hydrogens (tertiary/aromatic N) is 6. The van der Waals surface area contributed by atoms with Gasteiger partial charge in [0, 0.05) is 20.9 Å². The second-order valence-corrected chi connectivity index (χ2v) is 22.2. The van der Waals surface area contributed by atoms with Gasteiger partial charge in [0.2, 0.25) is 0 Å². The van der Waals surface area contributed by atoms with Crippen LogP contribution in [0.3, 0.4) is 0 Å². The molecule has 11 aromatic rings. The molecule has 23 heteroatoms. The predicted molar refractivity (Wildman–Crippen MR) is 299 cm³/mol. The van der Waals surface area contributed by atoms with E-state index in [2.05, 4.69) is 43.9 Å². The highest BCUT2D eigenvalue weighted by Gasteiger charge is 2.27. The Morgan fingerprint density at radius 2 is 1.03 bits per heavy atom. The number of H-pyrrole nitrogens is 2. The van der Waals surface area contributed by atoms with E-state index < -0.39 is 23.3 Å². The summed E-state index contributed by atoms with van der Waals surface area (Å²) in [5, 5.41) is 9.36. The fraction of sp³-hybridized carbons (Fsp3) is 0.218. The number of esters is 2. The number of aromatic nitrogens is 8. The van der Waals surface area contributed by atoms with Crippen LogP contribution in [-0.4, -0.2) is 69.4 Å². The van der Waals surface area contributed by atoms with E-state index in [0.717, 1.165) is 92.6 Å². The summed E-state index contributed by atoms with van der Waals surface area (Å²) < 4.78 is 34.2. The van der Waals surface area contributed by atoms with Gasteiger partial charge in [0.15, 0.2) is 40.1 Å². The van der Waals surface area contributed by atoms with Gasteiger partial charge in [-0.2, -0.15) is 0 Å². The molecule has 0 radical (unpaired) electrons. The number of aromatic amines is 2. The van der Waals surface area contributed by atoms with Crippen molar-refractivity contribution in [2.45, 2.75) is 71.6 Å². The number of thioether (sulfide) groups is 2. The fourth-order valence-electron chi connectivity index (χ4n) is 8.78. The standard InChI is InChI=1S/C29H24N4O7S2.C26H24N4O4S2/c1-4-41-27-30-22-16(3)42-24(26(34)37-14-21-15(2)38-29(36)39-21)23(22)33(27)13-17-9-11-18(12-10-17)19-7-5-6-8-20(19)25-31-28(35)40-32-25;1-4-33-24(31)22-21-20(15(3)36-22)27-25(35-5-2)30(21)14-16-10-12-17(13-11-16)18-8-6-7-9-19(18)23-28-26(32)34-29-23/h5-12H,4,13-14H2,1-3H3,(H,31,32,35);6-13H,4-5,14H2,1-3H3,(H,28,29,32). The van der Waals surface area contributed by atoms with Crippen LogP contribution in [0, 0.1) is 20.8 Å². The van der Waals surface area contributed by atoms with Crippen molar-refractivity contribution >= 4 is 80.2 Å². The van der Waals surface area contributed by atoms with Crippen molar-refractivity contribution in [1.29, 1.82) is 0 Å². The fourth-order valence-corrected chi connectivity index (χ4v) is 12.2. The number of hydrogen-bond acceptors (Lipinski definition) is 19. The minimum Gasteiger partial charge on any atom is -0.462 e. The zero-order valence-corrected chi connectivity index (χ0v) is 46.1. The van der Waals surface area contributed by atoms with Gasteiger partial charge in [-0.15, -0.1) is 22.7 Å². The van der Waals surface area contributed by atoms with Gasteiger partial charge in [-0.1, -0.05) is 145 Å². The molecular formula is C55H48N8O11S4. The van der Waals surface area contributed by atoms with Crippen LogP contribution in [0.25, 0.3) is 67.1 Å². The number of rotatable bonds is 17.